The Balaban J connectivity index is 1.89. The van der Waals surface area contributed by atoms with Crippen molar-refractivity contribution in [3.05, 3.63) is 64.9 Å². The Kier molecular flexibility index (Phi) is 5.01. The molecule has 7 heteroatoms. The molecule has 2 heterocycles. The van der Waals surface area contributed by atoms with Gasteiger partial charge in [0.15, 0.2) is 0 Å². The number of unbranched alkanes of at least 4 members (excludes halogenated alkanes) is 1. The number of nitrogens with zero attached hydrogens (tertiary/aromatic N) is 3. The van der Waals surface area contributed by atoms with Crippen molar-refractivity contribution in [3.63, 3.8) is 0 Å². The second-order valence-corrected chi connectivity index (χ2v) is 6.34. The van der Waals surface area contributed by atoms with Crippen molar-refractivity contribution in [2.45, 2.75) is 24.8 Å². The molecular formula is C18H19ClN4O2. The van der Waals surface area contributed by atoms with Crippen molar-refractivity contribution >= 4 is 22.7 Å². The van der Waals surface area contributed by atoms with Gasteiger partial charge in [-0.25, -0.2) is 9.86 Å². The zero-order valence-corrected chi connectivity index (χ0v) is 14.4. The molecule has 1 atom stereocenters. The Labute approximate surface area is 150 Å². The number of halogens is 1. The quantitative estimate of drug-likeness (QED) is 0.469. The lowest BCUT2D eigenvalue weighted by molar-refractivity contribution is -0.0404. The van der Waals surface area contributed by atoms with Crippen LogP contribution in [-0.4, -0.2) is 27.8 Å². The van der Waals surface area contributed by atoms with Gasteiger partial charge in [0.05, 0.1) is 16.9 Å². The Morgan fingerprint density at radius 1 is 1.24 bits per heavy atom. The number of nitrogens with two attached hydrogens (primary N) is 1. The molecular weight excluding hydrogens is 340 g/mol. The first kappa shape index (κ1) is 17.4. The van der Waals surface area contributed by atoms with E-state index in [4.69, 9.17) is 22.3 Å². The maximum atomic E-state index is 10.9. The second kappa shape index (κ2) is 7.21. The van der Waals surface area contributed by atoms with Gasteiger partial charge in [0.2, 0.25) is 0 Å². The number of pyridine rings is 1. The number of hydroxylamine groups is 2. The summed E-state index contributed by atoms with van der Waals surface area (Å²) in [5.74, 6) is 0. The molecule has 0 bridgehead atoms. The van der Waals surface area contributed by atoms with Crippen LogP contribution in [0.3, 0.4) is 0 Å². The third-order valence-electron chi connectivity index (χ3n) is 4.37. The van der Waals surface area contributed by atoms with Gasteiger partial charge in [0.25, 0.3) is 0 Å². The van der Waals surface area contributed by atoms with Gasteiger partial charge in [-0.15, -0.1) is 0 Å². The van der Waals surface area contributed by atoms with E-state index in [0.717, 1.165) is 16.1 Å². The van der Waals surface area contributed by atoms with E-state index in [0.29, 0.717) is 29.4 Å². The van der Waals surface area contributed by atoms with Crippen LogP contribution < -0.4 is 16.3 Å². The minimum absolute atomic E-state index is 0.170. The van der Waals surface area contributed by atoms with E-state index in [-0.39, 0.29) is 6.54 Å². The van der Waals surface area contributed by atoms with Crippen LogP contribution in [0.25, 0.3) is 5.03 Å². The number of benzene rings is 1. The Bertz CT molecular complexity index is 887. The predicted molar refractivity (Wildman–Crippen MR) is 94.3 cm³/mol. The summed E-state index contributed by atoms with van der Waals surface area (Å²) in [7, 11) is 0. The average Bonchev–Trinajstić information content (AvgIpc) is 2.93. The molecule has 0 fully saturated rings. The number of hydrogen-bond donors (Lipinski definition) is 2. The second-order valence-electron chi connectivity index (χ2n) is 5.96. The molecule has 1 aromatic carbocycles. The lowest BCUT2D eigenvalue weighted by Crippen LogP contribution is -2.33. The van der Waals surface area contributed by atoms with E-state index in [1.807, 2.05) is 36.4 Å². The number of urea groups is 1. The van der Waals surface area contributed by atoms with Crippen LogP contribution in [0.2, 0.25) is 0 Å². The topological polar surface area (TPSA) is 91.8 Å². The number of carbonyl (C=O) groups is 1. The van der Waals surface area contributed by atoms with Crippen molar-refractivity contribution in [2.75, 3.05) is 6.54 Å². The zero-order chi connectivity index (χ0) is 17.9. The van der Waals surface area contributed by atoms with Crippen LogP contribution in [0, 0.1) is 0 Å². The van der Waals surface area contributed by atoms with Gasteiger partial charge in [0, 0.05) is 23.2 Å². The monoisotopic (exact) mass is 358 g/mol. The molecule has 2 aromatic rings. The maximum Gasteiger partial charge on any atom is 0.338 e. The van der Waals surface area contributed by atoms with E-state index >= 15 is 0 Å². The van der Waals surface area contributed by atoms with E-state index in [9.17, 15) is 10.0 Å². The fourth-order valence-corrected chi connectivity index (χ4v) is 3.50. The lowest BCUT2D eigenvalue weighted by atomic mass is 9.86. The van der Waals surface area contributed by atoms with Crippen LogP contribution in [0.4, 0.5) is 4.79 Å². The summed E-state index contributed by atoms with van der Waals surface area (Å²) < 4.78 is 0. The SMILES string of the molecule is NC(=O)N(O)CCCCC1(c2cccnc2)N=c2ccccc2=C1Cl. The van der Waals surface area contributed by atoms with Gasteiger partial charge >= 0.3 is 6.03 Å². The number of carbonyl (C=O) groups excluding carboxylic acids is 1. The van der Waals surface area contributed by atoms with Crippen molar-refractivity contribution in [3.8, 4) is 0 Å². The first-order chi connectivity index (χ1) is 12.0. The number of aromatic nitrogens is 1. The molecule has 0 spiro atoms. The molecule has 3 N–H and O–H groups in total. The van der Waals surface area contributed by atoms with Gasteiger partial charge in [-0.2, -0.15) is 0 Å². The summed E-state index contributed by atoms with van der Waals surface area (Å²) >= 11 is 6.75. The highest BCUT2D eigenvalue weighted by Crippen LogP contribution is 2.41. The summed E-state index contributed by atoms with van der Waals surface area (Å²) in [6.45, 7) is 0.170. The van der Waals surface area contributed by atoms with Crippen LogP contribution >= 0.6 is 11.6 Å². The molecule has 1 aliphatic rings. The number of primary amides is 1. The van der Waals surface area contributed by atoms with Gasteiger partial charge in [-0.1, -0.05) is 35.9 Å². The fourth-order valence-electron chi connectivity index (χ4n) is 3.10. The highest BCUT2D eigenvalue weighted by molar-refractivity contribution is 6.47. The summed E-state index contributed by atoms with van der Waals surface area (Å²) in [4.78, 5) is 20.0. The smallest absolute Gasteiger partial charge is 0.338 e. The van der Waals surface area contributed by atoms with Gasteiger partial charge in [0.1, 0.15) is 5.54 Å². The molecule has 1 aliphatic heterocycles. The summed E-state index contributed by atoms with van der Waals surface area (Å²) in [5.41, 5.74) is 5.26. The van der Waals surface area contributed by atoms with Crippen molar-refractivity contribution < 1.29 is 10.0 Å². The van der Waals surface area contributed by atoms with Crippen LogP contribution in [0.15, 0.2) is 53.8 Å². The highest BCUT2D eigenvalue weighted by Gasteiger charge is 2.38. The Hall–Kier alpha value is -2.44. The molecule has 25 heavy (non-hydrogen) atoms. The maximum absolute atomic E-state index is 10.9. The molecule has 0 aliphatic carbocycles. The third kappa shape index (κ3) is 3.36. The van der Waals surface area contributed by atoms with Gasteiger partial charge in [-0.3, -0.25) is 15.2 Å². The molecule has 1 aromatic heterocycles. The van der Waals surface area contributed by atoms with Crippen molar-refractivity contribution in [1.82, 2.24) is 10.0 Å². The van der Waals surface area contributed by atoms with E-state index in [2.05, 4.69) is 4.98 Å². The van der Waals surface area contributed by atoms with Crippen LogP contribution in [0.5, 0.6) is 0 Å². The van der Waals surface area contributed by atoms with Crippen molar-refractivity contribution in [2.24, 2.45) is 10.7 Å². The zero-order valence-electron chi connectivity index (χ0n) is 13.6. The molecule has 0 saturated carbocycles. The van der Waals surface area contributed by atoms with E-state index in [1.54, 1.807) is 12.4 Å². The van der Waals surface area contributed by atoms with Crippen LogP contribution in [0.1, 0.15) is 24.8 Å². The molecule has 3 rings (SSSR count). The lowest BCUT2D eigenvalue weighted by Gasteiger charge is -2.27. The fraction of sp³-hybridized carbons (Fsp3) is 0.278. The summed E-state index contributed by atoms with van der Waals surface area (Å²) in [6, 6.07) is 10.7. The molecule has 130 valence electrons. The molecule has 6 nitrogen and oxygen atoms in total. The number of rotatable bonds is 6. The highest BCUT2D eigenvalue weighted by atomic mass is 35.5. The number of amides is 2. The average molecular weight is 359 g/mol. The standard InChI is InChI=1S/C18H19ClN4O2/c19-16-14-7-1-2-8-15(14)22-18(16,13-6-5-10-21-12-13)9-3-4-11-23(25)17(20)24/h1-2,5-8,10,12,25H,3-4,9,11H2,(H2,20,24). The number of hydrogen-bond acceptors (Lipinski definition) is 4. The van der Waals surface area contributed by atoms with Crippen LogP contribution in [-0.2, 0) is 5.54 Å². The summed E-state index contributed by atoms with van der Waals surface area (Å²) in [5, 5.41) is 12.4. The number of para-hydroxylation sites is 1. The molecule has 1 unspecified atom stereocenters. The Morgan fingerprint density at radius 3 is 2.72 bits per heavy atom. The van der Waals surface area contributed by atoms with E-state index < -0.39 is 11.6 Å². The van der Waals surface area contributed by atoms with Gasteiger partial charge < -0.3 is 5.73 Å². The Morgan fingerprint density at radius 2 is 2.04 bits per heavy atom. The first-order valence-corrected chi connectivity index (χ1v) is 8.44. The van der Waals surface area contributed by atoms with E-state index in [1.165, 1.54) is 0 Å². The largest absolute Gasteiger partial charge is 0.350 e. The first-order valence-electron chi connectivity index (χ1n) is 8.06. The molecule has 2 amide bonds. The van der Waals surface area contributed by atoms with Crippen molar-refractivity contribution in [1.29, 1.82) is 0 Å². The minimum Gasteiger partial charge on any atom is -0.350 e. The predicted octanol–water partition coefficient (Wildman–Crippen LogP) is 1.90. The molecule has 0 saturated heterocycles. The third-order valence-corrected chi connectivity index (χ3v) is 4.88. The molecule has 0 radical (unpaired) electrons. The number of fused-ring (bicyclic) bond motifs is 1. The minimum atomic E-state index is -0.857. The van der Waals surface area contributed by atoms with Gasteiger partial charge in [-0.05, 0) is 31.4 Å². The normalized spacial score (nSPS) is 18.6. The summed E-state index contributed by atoms with van der Waals surface area (Å²) in [6.07, 6.45) is 5.41.